The van der Waals surface area contributed by atoms with E-state index in [0.717, 1.165) is 30.8 Å². The van der Waals surface area contributed by atoms with Crippen LogP contribution in [0.2, 0.25) is 0 Å². The molecule has 1 unspecified atom stereocenters. The van der Waals surface area contributed by atoms with E-state index < -0.39 is 24.3 Å². The quantitative estimate of drug-likeness (QED) is 0.889. The molecule has 4 rings (SSSR count). The number of hydrogen-bond acceptors (Lipinski definition) is 5. The lowest BCUT2D eigenvalue weighted by Gasteiger charge is -2.38. The minimum Gasteiger partial charge on any atom is -0.354 e. The predicted octanol–water partition coefficient (Wildman–Crippen LogP) is 2.21. The fourth-order valence-corrected chi connectivity index (χ4v) is 3.14. The predicted molar refractivity (Wildman–Crippen MR) is 85.8 cm³/mol. The third-order valence-electron chi connectivity index (χ3n) is 4.54. The second-order valence-electron chi connectivity index (χ2n) is 6.31. The van der Waals surface area contributed by atoms with Crippen LogP contribution < -0.4 is 4.90 Å². The summed E-state index contributed by atoms with van der Waals surface area (Å²) in [6, 6.07) is 1.70. The van der Waals surface area contributed by atoms with Gasteiger partial charge in [-0.1, -0.05) is 0 Å². The monoisotopic (exact) mass is 367 g/mol. The highest BCUT2D eigenvalue weighted by Crippen LogP contribution is 2.41. The zero-order valence-electron chi connectivity index (χ0n) is 13.6. The van der Waals surface area contributed by atoms with Crippen LogP contribution in [0.25, 0.3) is 0 Å². The van der Waals surface area contributed by atoms with Gasteiger partial charge in [0.2, 0.25) is 6.35 Å². The molecule has 1 aliphatic carbocycles. The first-order valence-electron chi connectivity index (χ1n) is 8.19. The standard InChI is InChI=1S/C16H16F3N5O2/c17-16(18,19)13-9-11(3-5-20-13)22-7-8-23(15(22)26)24-12(10-1-2-10)4-6-21-14(24)25/h3-6,9-10,14,25H,1-2,7-8H2. The molecule has 3 aliphatic rings. The first-order chi connectivity index (χ1) is 12.4. The first kappa shape index (κ1) is 16.8. The summed E-state index contributed by atoms with van der Waals surface area (Å²) in [6.07, 6.45) is 0.423. The second kappa shape index (κ2) is 5.97. The number of amides is 2. The number of aliphatic hydroxyl groups excluding tert-OH is 1. The number of anilines is 1. The number of pyridine rings is 1. The van der Waals surface area contributed by atoms with Gasteiger partial charge in [0.05, 0.1) is 6.54 Å². The summed E-state index contributed by atoms with van der Waals surface area (Å²) in [5.41, 5.74) is -0.136. The minimum atomic E-state index is -4.59. The molecular formula is C16H16F3N5O2. The van der Waals surface area contributed by atoms with Crippen molar-refractivity contribution in [3.05, 3.63) is 35.8 Å². The Kier molecular flexibility index (Phi) is 3.87. The molecule has 1 saturated heterocycles. The lowest BCUT2D eigenvalue weighted by Crippen LogP contribution is -2.50. The molecule has 1 N–H and O–H groups in total. The maximum atomic E-state index is 12.9. The van der Waals surface area contributed by atoms with Crippen molar-refractivity contribution in [3.8, 4) is 0 Å². The highest BCUT2D eigenvalue weighted by molar-refractivity contribution is 5.94. The van der Waals surface area contributed by atoms with Crippen molar-refractivity contribution in [3.63, 3.8) is 0 Å². The molecule has 10 heteroatoms. The van der Waals surface area contributed by atoms with Crippen molar-refractivity contribution in [1.82, 2.24) is 15.0 Å². The third kappa shape index (κ3) is 2.90. The van der Waals surface area contributed by atoms with Gasteiger partial charge in [0.1, 0.15) is 5.69 Å². The topological polar surface area (TPSA) is 72.3 Å². The molecule has 2 fully saturated rings. The van der Waals surface area contributed by atoms with Crippen LogP contribution in [-0.2, 0) is 6.18 Å². The fourth-order valence-electron chi connectivity index (χ4n) is 3.14. The summed E-state index contributed by atoms with van der Waals surface area (Å²) < 4.78 is 38.6. The van der Waals surface area contributed by atoms with Gasteiger partial charge in [-0.25, -0.2) is 19.8 Å². The number of rotatable bonds is 3. The van der Waals surface area contributed by atoms with Gasteiger partial charge < -0.3 is 5.11 Å². The van der Waals surface area contributed by atoms with Gasteiger partial charge in [0.15, 0.2) is 0 Å². The number of aliphatic hydroxyl groups is 1. The zero-order valence-corrected chi connectivity index (χ0v) is 13.6. The number of carbonyl (C=O) groups is 1. The lowest BCUT2D eigenvalue weighted by molar-refractivity contribution is -0.141. The molecule has 0 radical (unpaired) electrons. The summed E-state index contributed by atoms with van der Waals surface area (Å²) in [6.45, 7) is 0.435. The number of alkyl halides is 3. The van der Waals surface area contributed by atoms with Crippen LogP contribution in [0.4, 0.5) is 23.7 Å². The number of urea groups is 1. The Hall–Kier alpha value is -2.62. The molecule has 3 heterocycles. The molecule has 0 bridgehead atoms. The Balaban J connectivity index is 1.59. The maximum Gasteiger partial charge on any atom is 0.433 e. The van der Waals surface area contributed by atoms with Crippen LogP contribution in [-0.4, -0.2) is 51.8 Å². The largest absolute Gasteiger partial charge is 0.433 e. The number of nitrogens with zero attached hydrogens (tertiary/aromatic N) is 5. The third-order valence-corrected chi connectivity index (χ3v) is 4.54. The fraction of sp³-hybridized carbons (Fsp3) is 0.438. The van der Waals surface area contributed by atoms with E-state index in [0.29, 0.717) is 0 Å². The Labute approximate surface area is 147 Å². The van der Waals surface area contributed by atoms with E-state index >= 15 is 0 Å². The van der Waals surface area contributed by atoms with Gasteiger partial charge in [-0.2, -0.15) is 13.2 Å². The Morgan fingerprint density at radius 3 is 2.69 bits per heavy atom. The Morgan fingerprint density at radius 1 is 1.23 bits per heavy atom. The lowest BCUT2D eigenvalue weighted by atomic mass is 10.2. The SMILES string of the molecule is O=C1N(c2ccnc(C(F)(F)F)c2)CCN1N1C(C2CC2)=CC=NC1O. The Morgan fingerprint density at radius 2 is 2.00 bits per heavy atom. The van der Waals surface area contributed by atoms with Crippen molar-refractivity contribution in [2.45, 2.75) is 25.4 Å². The highest BCUT2D eigenvalue weighted by atomic mass is 19.4. The van der Waals surface area contributed by atoms with E-state index in [1.165, 1.54) is 27.2 Å². The van der Waals surface area contributed by atoms with Crippen molar-refractivity contribution < 1.29 is 23.1 Å². The van der Waals surface area contributed by atoms with E-state index in [1.807, 2.05) is 0 Å². The average molecular weight is 367 g/mol. The highest BCUT2D eigenvalue weighted by Gasteiger charge is 2.42. The van der Waals surface area contributed by atoms with Crippen molar-refractivity contribution in [1.29, 1.82) is 0 Å². The van der Waals surface area contributed by atoms with Crippen LogP contribution in [0.3, 0.4) is 0 Å². The summed E-state index contributed by atoms with van der Waals surface area (Å²) in [4.78, 5) is 21.3. The average Bonchev–Trinajstić information content (AvgIpc) is 3.37. The number of hydrazine groups is 1. The molecule has 1 atom stereocenters. The number of halogens is 3. The van der Waals surface area contributed by atoms with Gasteiger partial charge >= 0.3 is 12.2 Å². The molecule has 0 spiro atoms. The minimum absolute atomic E-state index is 0.117. The molecule has 138 valence electrons. The number of allylic oxidation sites excluding steroid dienone is 2. The number of carbonyl (C=O) groups excluding carboxylic acids is 1. The normalized spacial score (nSPS) is 23.7. The van der Waals surface area contributed by atoms with E-state index in [4.69, 9.17) is 0 Å². The van der Waals surface area contributed by atoms with Crippen LogP contribution in [0, 0.1) is 5.92 Å². The van der Waals surface area contributed by atoms with Crippen molar-refractivity contribution in [2.24, 2.45) is 10.9 Å². The molecule has 1 saturated carbocycles. The van der Waals surface area contributed by atoms with E-state index in [9.17, 15) is 23.1 Å². The molecule has 1 aromatic rings. The summed E-state index contributed by atoms with van der Waals surface area (Å²) in [5.74, 6) is 0.260. The number of aromatic nitrogens is 1. The summed E-state index contributed by atoms with van der Waals surface area (Å²) in [5, 5.41) is 13.0. The molecule has 26 heavy (non-hydrogen) atoms. The number of aliphatic imine (C=N–C) groups is 1. The van der Waals surface area contributed by atoms with Gasteiger partial charge in [0, 0.05) is 36.3 Å². The molecule has 1 aromatic heterocycles. The maximum absolute atomic E-state index is 12.9. The van der Waals surface area contributed by atoms with Crippen LogP contribution >= 0.6 is 0 Å². The van der Waals surface area contributed by atoms with Crippen LogP contribution in [0.5, 0.6) is 0 Å². The van der Waals surface area contributed by atoms with Crippen LogP contribution in [0.1, 0.15) is 18.5 Å². The van der Waals surface area contributed by atoms with Gasteiger partial charge in [-0.05, 0) is 31.1 Å². The van der Waals surface area contributed by atoms with E-state index in [2.05, 4.69) is 9.98 Å². The van der Waals surface area contributed by atoms with Gasteiger partial charge in [0.25, 0.3) is 0 Å². The van der Waals surface area contributed by atoms with Crippen molar-refractivity contribution in [2.75, 3.05) is 18.0 Å². The zero-order chi connectivity index (χ0) is 18.5. The van der Waals surface area contributed by atoms with Crippen molar-refractivity contribution >= 4 is 17.9 Å². The smallest absolute Gasteiger partial charge is 0.354 e. The summed E-state index contributed by atoms with van der Waals surface area (Å²) >= 11 is 0. The van der Waals surface area contributed by atoms with Crippen LogP contribution in [0.15, 0.2) is 35.1 Å². The first-order valence-corrected chi connectivity index (χ1v) is 8.19. The molecule has 2 amide bonds. The molecule has 7 nitrogen and oxygen atoms in total. The van der Waals surface area contributed by atoms with E-state index in [1.54, 1.807) is 6.08 Å². The summed E-state index contributed by atoms with van der Waals surface area (Å²) in [7, 11) is 0. The van der Waals surface area contributed by atoms with E-state index in [-0.39, 0.29) is 24.7 Å². The van der Waals surface area contributed by atoms with Gasteiger partial charge in [-0.3, -0.25) is 9.88 Å². The molecule has 2 aliphatic heterocycles. The Bertz CT molecular complexity index is 790. The second-order valence-corrected chi connectivity index (χ2v) is 6.31. The molecule has 0 aromatic carbocycles. The number of hydrogen-bond donors (Lipinski definition) is 1. The molecular weight excluding hydrogens is 351 g/mol. The van der Waals surface area contributed by atoms with Gasteiger partial charge in [-0.15, -0.1) is 0 Å².